The zero-order valence-corrected chi connectivity index (χ0v) is 16.5. The average molecular weight is 405 g/mol. The van der Waals surface area contributed by atoms with Gasteiger partial charge in [0.2, 0.25) is 0 Å². The fourth-order valence-corrected chi connectivity index (χ4v) is 4.13. The zero-order chi connectivity index (χ0) is 20.7. The van der Waals surface area contributed by atoms with Crippen molar-refractivity contribution in [2.75, 3.05) is 18.0 Å². The molecule has 8 heteroatoms. The number of aromatic amines is 1. The first kappa shape index (κ1) is 18.6. The molecule has 30 heavy (non-hydrogen) atoms. The van der Waals surface area contributed by atoms with Crippen molar-refractivity contribution in [1.82, 2.24) is 15.3 Å². The molecule has 1 saturated carbocycles. The van der Waals surface area contributed by atoms with Gasteiger partial charge < -0.3 is 15.2 Å². The van der Waals surface area contributed by atoms with Gasteiger partial charge in [-0.05, 0) is 49.9 Å². The molecule has 1 aromatic heterocycles. The summed E-state index contributed by atoms with van der Waals surface area (Å²) in [6, 6.07) is 13.0. The zero-order valence-electron chi connectivity index (χ0n) is 16.5. The number of amides is 1. The summed E-state index contributed by atoms with van der Waals surface area (Å²) in [5.74, 6) is 1.05. The van der Waals surface area contributed by atoms with Crippen LogP contribution in [0.1, 0.15) is 47.8 Å². The highest BCUT2D eigenvalue weighted by Gasteiger charge is 2.29. The molecule has 0 spiro atoms. The largest absolute Gasteiger partial charge is 0.366 e. The van der Waals surface area contributed by atoms with Crippen LogP contribution in [0.15, 0.2) is 42.5 Å². The van der Waals surface area contributed by atoms with Gasteiger partial charge >= 0.3 is 0 Å². The first-order chi connectivity index (χ1) is 14.6. The number of benzene rings is 2. The van der Waals surface area contributed by atoms with E-state index in [-0.39, 0.29) is 17.6 Å². The van der Waals surface area contributed by atoms with Crippen molar-refractivity contribution in [2.24, 2.45) is 0 Å². The van der Waals surface area contributed by atoms with Crippen LogP contribution >= 0.6 is 0 Å². The number of hydrogen-bond acceptors (Lipinski definition) is 5. The van der Waals surface area contributed by atoms with Gasteiger partial charge in [0.1, 0.15) is 11.5 Å². The van der Waals surface area contributed by atoms with Crippen molar-refractivity contribution >= 4 is 28.3 Å². The van der Waals surface area contributed by atoms with Gasteiger partial charge in [-0.15, -0.1) is 0 Å². The van der Waals surface area contributed by atoms with Crippen LogP contribution < -0.4 is 10.2 Å². The summed E-state index contributed by atoms with van der Waals surface area (Å²) in [5, 5.41) is 14.6. The predicted molar refractivity (Wildman–Crippen MR) is 114 cm³/mol. The van der Waals surface area contributed by atoms with Crippen molar-refractivity contribution < 1.29 is 9.72 Å². The van der Waals surface area contributed by atoms with Crippen LogP contribution in [0.25, 0.3) is 11.0 Å². The average Bonchev–Trinajstić information content (AvgIpc) is 3.47. The summed E-state index contributed by atoms with van der Waals surface area (Å²) in [4.78, 5) is 33.7. The molecule has 2 N–H and O–H groups in total. The Labute approximate surface area is 173 Å². The minimum Gasteiger partial charge on any atom is -0.366 e. The Kier molecular flexibility index (Phi) is 4.61. The standard InChI is InChI=1S/C22H23N5O3/c28-22(23-16-6-7-16)15-5-8-19(20(13-15)27(29)30)26-11-9-14(10-12-26)21-24-17-3-1-2-4-18(17)25-21/h1-5,8,13-14,16H,6-7,9-12H2,(H,23,28)(H,24,25). The molecule has 3 aromatic rings. The normalized spacial score (nSPS) is 17.3. The molecule has 1 amide bonds. The third kappa shape index (κ3) is 3.60. The number of carbonyl (C=O) groups is 1. The molecule has 1 aliphatic heterocycles. The second-order valence-corrected chi connectivity index (χ2v) is 8.11. The SMILES string of the molecule is O=C(NC1CC1)c1ccc(N2CCC(c3nc4ccccc4[nH]3)CC2)c([N+](=O)[O-])c1. The number of rotatable bonds is 5. The maximum atomic E-state index is 12.3. The van der Waals surface area contributed by atoms with Crippen LogP contribution in [-0.4, -0.2) is 39.9 Å². The van der Waals surface area contributed by atoms with E-state index >= 15 is 0 Å². The summed E-state index contributed by atoms with van der Waals surface area (Å²) in [7, 11) is 0. The first-order valence-corrected chi connectivity index (χ1v) is 10.4. The minimum atomic E-state index is -0.394. The highest BCUT2D eigenvalue weighted by Crippen LogP contribution is 2.35. The van der Waals surface area contributed by atoms with E-state index in [0.717, 1.165) is 42.5 Å². The minimum absolute atomic E-state index is 0.0133. The van der Waals surface area contributed by atoms with E-state index in [1.807, 2.05) is 29.2 Å². The highest BCUT2D eigenvalue weighted by atomic mass is 16.6. The van der Waals surface area contributed by atoms with Crippen molar-refractivity contribution in [3.63, 3.8) is 0 Å². The summed E-state index contributed by atoms with van der Waals surface area (Å²) < 4.78 is 0. The number of fused-ring (bicyclic) bond motifs is 1. The van der Waals surface area contributed by atoms with E-state index in [4.69, 9.17) is 4.98 Å². The molecule has 0 bridgehead atoms. The van der Waals surface area contributed by atoms with Crippen molar-refractivity contribution in [3.05, 3.63) is 64.0 Å². The smallest absolute Gasteiger partial charge is 0.293 e. The lowest BCUT2D eigenvalue weighted by molar-refractivity contribution is -0.384. The number of aromatic nitrogens is 2. The number of nitrogens with one attached hydrogen (secondary N) is 2. The molecule has 0 unspecified atom stereocenters. The van der Waals surface area contributed by atoms with Crippen molar-refractivity contribution in [2.45, 2.75) is 37.6 Å². The van der Waals surface area contributed by atoms with Crippen molar-refractivity contribution in [3.8, 4) is 0 Å². The highest BCUT2D eigenvalue weighted by molar-refractivity contribution is 5.96. The fraction of sp³-hybridized carbons (Fsp3) is 0.364. The Balaban J connectivity index is 1.32. The molecule has 2 fully saturated rings. The summed E-state index contributed by atoms with van der Waals surface area (Å²) in [6.07, 6.45) is 3.68. The van der Waals surface area contributed by atoms with E-state index in [0.29, 0.717) is 30.3 Å². The van der Waals surface area contributed by atoms with E-state index in [1.165, 1.54) is 6.07 Å². The van der Waals surface area contributed by atoms with E-state index in [1.54, 1.807) is 12.1 Å². The molecule has 1 saturated heterocycles. The molecule has 0 radical (unpaired) electrons. The van der Waals surface area contributed by atoms with Crippen LogP contribution in [-0.2, 0) is 0 Å². The molecular weight excluding hydrogens is 382 g/mol. The molecule has 2 heterocycles. The van der Waals surface area contributed by atoms with Crippen LogP contribution in [0.4, 0.5) is 11.4 Å². The van der Waals surface area contributed by atoms with Gasteiger partial charge in [-0.25, -0.2) is 4.98 Å². The number of hydrogen-bond donors (Lipinski definition) is 2. The third-order valence-electron chi connectivity index (χ3n) is 5.98. The Morgan fingerprint density at radius 2 is 1.90 bits per heavy atom. The molecular formula is C22H23N5O3. The van der Waals surface area contributed by atoms with Gasteiger partial charge in [0.15, 0.2) is 0 Å². The number of carbonyl (C=O) groups excluding carboxylic acids is 1. The summed E-state index contributed by atoms with van der Waals surface area (Å²) in [6.45, 7) is 1.41. The fourth-order valence-electron chi connectivity index (χ4n) is 4.13. The Hall–Kier alpha value is -3.42. The van der Waals surface area contributed by atoms with Gasteiger partial charge in [0.25, 0.3) is 11.6 Å². The number of imidazole rings is 1. The van der Waals surface area contributed by atoms with E-state index < -0.39 is 4.92 Å². The number of nitrogens with zero attached hydrogens (tertiary/aromatic N) is 3. The van der Waals surface area contributed by atoms with Gasteiger partial charge in [-0.1, -0.05) is 12.1 Å². The number of nitro groups is 1. The number of nitro benzene ring substituents is 1. The Bertz CT molecular complexity index is 1080. The van der Waals surface area contributed by atoms with E-state index in [9.17, 15) is 14.9 Å². The molecule has 8 nitrogen and oxygen atoms in total. The molecule has 2 aliphatic rings. The lowest BCUT2D eigenvalue weighted by Gasteiger charge is -2.32. The molecule has 0 atom stereocenters. The summed E-state index contributed by atoms with van der Waals surface area (Å²) in [5.41, 5.74) is 2.90. The van der Waals surface area contributed by atoms with Crippen LogP contribution in [0.5, 0.6) is 0 Å². The number of piperidine rings is 1. The Morgan fingerprint density at radius 3 is 2.60 bits per heavy atom. The van der Waals surface area contributed by atoms with Gasteiger partial charge in [0, 0.05) is 36.7 Å². The van der Waals surface area contributed by atoms with Gasteiger partial charge in [-0.3, -0.25) is 14.9 Å². The monoisotopic (exact) mass is 405 g/mol. The third-order valence-corrected chi connectivity index (χ3v) is 5.98. The second kappa shape index (κ2) is 7.44. The van der Waals surface area contributed by atoms with Crippen LogP contribution in [0.3, 0.4) is 0 Å². The number of anilines is 1. The molecule has 154 valence electrons. The summed E-state index contributed by atoms with van der Waals surface area (Å²) >= 11 is 0. The predicted octanol–water partition coefficient (Wildman–Crippen LogP) is 3.75. The van der Waals surface area contributed by atoms with Gasteiger partial charge in [0.05, 0.1) is 16.0 Å². The number of para-hydroxylation sites is 2. The quantitative estimate of drug-likeness (QED) is 0.497. The molecule has 1 aliphatic carbocycles. The second-order valence-electron chi connectivity index (χ2n) is 8.11. The van der Waals surface area contributed by atoms with Crippen LogP contribution in [0, 0.1) is 10.1 Å². The maximum absolute atomic E-state index is 12.3. The first-order valence-electron chi connectivity index (χ1n) is 10.4. The molecule has 5 rings (SSSR count). The topological polar surface area (TPSA) is 104 Å². The van der Waals surface area contributed by atoms with Gasteiger partial charge in [-0.2, -0.15) is 0 Å². The van der Waals surface area contributed by atoms with E-state index in [2.05, 4.69) is 10.3 Å². The maximum Gasteiger partial charge on any atom is 0.293 e. The van der Waals surface area contributed by atoms with Crippen LogP contribution in [0.2, 0.25) is 0 Å². The molecule has 2 aromatic carbocycles. The number of H-pyrrole nitrogens is 1. The lowest BCUT2D eigenvalue weighted by atomic mass is 9.95. The Morgan fingerprint density at radius 1 is 1.13 bits per heavy atom. The lowest BCUT2D eigenvalue weighted by Crippen LogP contribution is -2.33. The van der Waals surface area contributed by atoms with Crippen molar-refractivity contribution in [1.29, 1.82) is 0 Å².